The van der Waals surface area contributed by atoms with Gasteiger partial charge in [0.2, 0.25) is 0 Å². The minimum atomic E-state index is -1.04. The van der Waals surface area contributed by atoms with E-state index in [4.69, 9.17) is 11.5 Å². The first-order valence-electron chi connectivity index (χ1n) is 6.09. The molecule has 5 nitrogen and oxygen atoms in total. The fourth-order valence-corrected chi connectivity index (χ4v) is 3.14. The first-order valence-corrected chi connectivity index (χ1v) is 6.90. The van der Waals surface area contributed by atoms with Gasteiger partial charge in [0, 0.05) is 5.92 Å². The lowest BCUT2D eigenvalue weighted by atomic mass is 10.1. The van der Waals surface area contributed by atoms with E-state index in [-0.39, 0.29) is 22.9 Å². The van der Waals surface area contributed by atoms with E-state index in [2.05, 4.69) is 10.9 Å². The van der Waals surface area contributed by atoms with Crippen molar-refractivity contribution in [2.24, 2.45) is 0 Å². The molecule has 0 saturated heterocycles. The Bertz CT molecular complexity index is 793. The number of aromatic carboxylic acids is 1. The van der Waals surface area contributed by atoms with Crippen LogP contribution in [0, 0.1) is 19.3 Å². The molecule has 0 fully saturated rings. The van der Waals surface area contributed by atoms with Crippen molar-refractivity contribution in [1.82, 2.24) is 9.55 Å². The quantitative estimate of drug-likeness (QED) is 0.880. The Morgan fingerprint density at radius 1 is 1.55 bits per heavy atom. The SMILES string of the molecule is C#CCn1c(C(C)C)nc2sc(C(=O)O)c(C)c2c1=O. The molecule has 2 aromatic rings. The molecule has 2 rings (SSSR count). The second kappa shape index (κ2) is 5.10. The lowest BCUT2D eigenvalue weighted by Gasteiger charge is -2.12. The molecule has 0 spiro atoms. The molecule has 0 aliphatic carbocycles. The normalized spacial score (nSPS) is 10.9. The number of aromatic nitrogens is 2. The van der Waals surface area contributed by atoms with Gasteiger partial charge in [-0.2, -0.15) is 0 Å². The van der Waals surface area contributed by atoms with Crippen LogP contribution < -0.4 is 5.56 Å². The van der Waals surface area contributed by atoms with Gasteiger partial charge in [-0.05, 0) is 12.5 Å². The van der Waals surface area contributed by atoms with Crippen LogP contribution in [0.15, 0.2) is 4.79 Å². The van der Waals surface area contributed by atoms with E-state index in [0.717, 1.165) is 11.3 Å². The predicted octanol–water partition coefficient (Wildman–Crippen LogP) is 2.22. The molecule has 2 aromatic heterocycles. The van der Waals surface area contributed by atoms with Crippen LogP contribution in [0.2, 0.25) is 0 Å². The van der Waals surface area contributed by atoms with Crippen molar-refractivity contribution in [3.8, 4) is 12.3 Å². The van der Waals surface area contributed by atoms with Crippen LogP contribution in [0.4, 0.5) is 0 Å². The number of carboxylic acids is 1. The van der Waals surface area contributed by atoms with Gasteiger partial charge in [0.05, 0.1) is 11.9 Å². The van der Waals surface area contributed by atoms with Gasteiger partial charge in [-0.15, -0.1) is 17.8 Å². The van der Waals surface area contributed by atoms with E-state index < -0.39 is 5.97 Å². The summed E-state index contributed by atoms with van der Waals surface area (Å²) in [5.41, 5.74) is 0.189. The smallest absolute Gasteiger partial charge is 0.346 e. The van der Waals surface area contributed by atoms with Gasteiger partial charge in [0.25, 0.3) is 5.56 Å². The number of carbonyl (C=O) groups is 1. The fourth-order valence-electron chi connectivity index (χ4n) is 2.12. The summed E-state index contributed by atoms with van der Waals surface area (Å²) in [7, 11) is 0. The third kappa shape index (κ3) is 2.10. The van der Waals surface area contributed by atoms with E-state index in [1.165, 1.54) is 4.57 Å². The molecule has 0 bridgehead atoms. The first-order chi connectivity index (χ1) is 9.38. The maximum absolute atomic E-state index is 12.5. The Morgan fingerprint density at radius 3 is 2.70 bits per heavy atom. The lowest BCUT2D eigenvalue weighted by Crippen LogP contribution is -2.25. The van der Waals surface area contributed by atoms with Crippen LogP contribution >= 0.6 is 11.3 Å². The molecule has 1 N–H and O–H groups in total. The number of thiophene rings is 1. The summed E-state index contributed by atoms with van der Waals surface area (Å²) in [6.45, 7) is 5.59. The number of carboxylic acid groups (broad SMARTS) is 1. The Hall–Kier alpha value is -2.13. The molecule has 0 aliphatic heterocycles. The van der Waals surface area contributed by atoms with E-state index in [1.807, 2.05) is 13.8 Å². The Labute approximate surface area is 119 Å². The van der Waals surface area contributed by atoms with Gasteiger partial charge >= 0.3 is 5.97 Å². The van der Waals surface area contributed by atoms with Crippen LogP contribution in [-0.4, -0.2) is 20.6 Å². The minimum absolute atomic E-state index is 0.0242. The van der Waals surface area contributed by atoms with Crippen molar-refractivity contribution >= 4 is 27.5 Å². The average Bonchev–Trinajstić information content (AvgIpc) is 2.70. The molecule has 0 radical (unpaired) electrons. The first kappa shape index (κ1) is 14.3. The summed E-state index contributed by atoms with van der Waals surface area (Å²) in [6, 6.07) is 0. The Balaban J connectivity index is 2.92. The van der Waals surface area contributed by atoms with Gasteiger partial charge in [-0.3, -0.25) is 9.36 Å². The number of nitrogens with zero attached hydrogens (tertiary/aromatic N) is 2. The Kier molecular flexibility index (Phi) is 3.64. The largest absolute Gasteiger partial charge is 0.477 e. The molecule has 0 aliphatic rings. The molecule has 0 atom stereocenters. The van der Waals surface area contributed by atoms with Gasteiger partial charge in [0.15, 0.2) is 0 Å². The van der Waals surface area contributed by atoms with E-state index in [1.54, 1.807) is 6.92 Å². The zero-order valence-electron chi connectivity index (χ0n) is 11.4. The van der Waals surface area contributed by atoms with E-state index in [9.17, 15) is 9.59 Å². The summed E-state index contributed by atoms with van der Waals surface area (Å²) in [5, 5.41) is 9.50. The predicted molar refractivity (Wildman–Crippen MR) is 78.5 cm³/mol. The molecule has 0 aromatic carbocycles. The summed E-state index contributed by atoms with van der Waals surface area (Å²) in [4.78, 5) is 28.8. The van der Waals surface area contributed by atoms with E-state index >= 15 is 0 Å². The van der Waals surface area contributed by atoms with Crippen LogP contribution in [0.25, 0.3) is 10.2 Å². The van der Waals surface area contributed by atoms with Crippen molar-refractivity contribution in [3.05, 3.63) is 26.6 Å². The monoisotopic (exact) mass is 290 g/mol. The average molecular weight is 290 g/mol. The highest BCUT2D eigenvalue weighted by molar-refractivity contribution is 7.20. The number of hydrogen-bond donors (Lipinski definition) is 1. The molecule has 104 valence electrons. The fraction of sp³-hybridized carbons (Fsp3) is 0.357. The van der Waals surface area contributed by atoms with Crippen molar-refractivity contribution < 1.29 is 9.90 Å². The van der Waals surface area contributed by atoms with Gasteiger partial charge < -0.3 is 5.11 Å². The number of aryl methyl sites for hydroxylation is 1. The standard InChI is InChI=1S/C14H14N2O3S/c1-5-6-16-11(7(2)3)15-12-9(13(16)17)8(4)10(20-12)14(18)19/h1,7H,6H2,2-4H3,(H,18,19). The highest BCUT2D eigenvalue weighted by atomic mass is 32.1. The molecule has 2 heterocycles. The van der Waals surface area contributed by atoms with Crippen LogP contribution in [0.3, 0.4) is 0 Å². The summed E-state index contributed by atoms with van der Waals surface area (Å²) in [5.74, 6) is 2.01. The summed E-state index contributed by atoms with van der Waals surface area (Å²) >= 11 is 1.03. The number of terminal acetylenes is 1. The van der Waals surface area contributed by atoms with Crippen molar-refractivity contribution in [3.63, 3.8) is 0 Å². The molecular weight excluding hydrogens is 276 g/mol. The van der Waals surface area contributed by atoms with Crippen LogP contribution in [-0.2, 0) is 6.54 Å². The summed E-state index contributed by atoms with van der Waals surface area (Å²) in [6.07, 6.45) is 5.31. The topological polar surface area (TPSA) is 72.2 Å². The highest BCUT2D eigenvalue weighted by Crippen LogP contribution is 2.28. The van der Waals surface area contributed by atoms with Gasteiger partial charge in [-0.25, -0.2) is 9.78 Å². The van der Waals surface area contributed by atoms with Crippen LogP contribution in [0.1, 0.15) is 40.8 Å². The zero-order chi connectivity index (χ0) is 15.0. The minimum Gasteiger partial charge on any atom is -0.477 e. The molecular formula is C14H14N2O3S. The van der Waals surface area contributed by atoms with Crippen molar-refractivity contribution in [1.29, 1.82) is 0 Å². The molecule has 0 saturated carbocycles. The molecule has 0 unspecified atom stereocenters. The second-order valence-electron chi connectivity index (χ2n) is 4.76. The summed E-state index contributed by atoms with van der Waals surface area (Å²) < 4.78 is 1.44. The van der Waals surface area contributed by atoms with E-state index in [0.29, 0.717) is 21.6 Å². The maximum Gasteiger partial charge on any atom is 0.346 e. The highest BCUT2D eigenvalue weighted by Gasteiger charge is 2.21. The third-order valence-electron chi connectivity index (χ3n) is 3.04. The second-order valence-corrected chi connectivity index (χ2v) is 5.76. The molecule has 20 heavy (non-hydrogen) atoms. The number of rotatable bonds is 3. The van der Waals surface area contributed by atoms with Crippen molar-refractivity contribution in [2.75, 3.05) is 0 Å². The van der Waals surface area contributed by atoms with Crippen LogP contribution in [0.5, 0.6) is 0 Å². The number of fused-ring (bicyclic) bond motifs is 1. The molecule has 0 amide bonds. The maximum atomic E-state index is 12.5. The zero-order valence-corrected chi connectivity index (χ0v) is 12.2. The third-order valence-corrected chi connectivity index (χ3v) is 4.21. The number of hydrogen-bond acceptors (Lipinski definition) is 4. The van der Waals surface area contributed by atoms with Gasteiger partial charge in [0.1, 0.15) is 15.5 Å². The van der Waals surface area contributed by atoms with Gasteiger partial charge in [-0.1, -0.05) is 19.8 Å². The lowest BCUT2D eigenvalue weighted by molar-refractivity contribution is 0.0701. The molecule has 6 heteroatoms. The Morgan fingerprint density at radius 2 is 2.20 bits per heavy atom. The van der Waals surface area contributed by atoms with Crippen molar-refractivity contribution in [2.45, 2.75) is 33.2 Å².